The fraction of sp³-hybridized carbons (Fsp3) is 0.250. The van der Waals surface area contributed by atoms with Crippen LogP contribution in [0.4, 0.5) is 0 Å². The SMILES string of the molecule is CC(C)c1nc2nncn2c2ccccc12. The van der Waals surface area contributed by atoms with E-state index in [-0.39, 0.29) is 0 Å². The molecule has 2 heterocycles. The third-order valence-corrected chi connectivity index (χ3v) is 2.74. The van der Waals surface area contributed by atoms with Gasteiger partial charge >= 0.3 is 0 Å². The van der Waals surface area contributed by atoms with Crippen LogP contribution in [0, 0.1) is 0 Å². The Morgan fingerprint density at radius 1 is 1.19 bits per heavy atom. The molecule has 3 aromatic rings. The number of benzene rings is 1. The van der Waals surface area contributed by atoms with Gasteiger partial charge in [-0.15, -0.1) is 10.2 Å². The Labute approximate surface area is 93.0 Å². The van der Waals surface area contributed by atoms with Crippen molar-refractivity contribution >= 4 is 16.7 Å². The topological polar surface area (TPSA) is 43.1 Å². The van der Waals surface area contributed by atoms with Crippen LogP contribution >= 0.6 is 0 Å². The van der Waals surface area contributed by atoms with Crippen LogP contribution in [-0.2, 0) is 0 Å². The molecule has 80 valence electrons. The zero-order valence-corrected chi connectivity index (χ0v) is 9.25. The summed E-state index contributed by atoms with van der Waals surface area (Å²) >= 11 is 0. The van der Waals surface area contributed by atoms with E-state index in [0.29, 0.717) is 11.7 Å². The van der Waals surface area contributed by atoms with Gasteiger partial charge in [0.25, 0.3) is 5.78 Å². The first-order chi connectivity index (χ1) is 7.77. The summed E-state index contributed by atoms with van der Waals surface area (Å²) in [4.78, 5) is 4.55. The van der Waals surface area contributed by atoms with E-state index in [4.69, 9.17) is 0 Å². The summed E-state index contributed by atoms with van der Waals surface area (Å²) in [5.74, 6) is 1.05. The minimum absolute atomic E-state index is 0.381. The third-order valence-electron chi connectivity index (χ3n) is 2.74. The molecule has 0 aliphatic carbocycles. The van der Waals surface area contributed by atoms with Crippen molar-refractivity contribution < 1.29 is 0 Å². The molecule has 0 bridgehead atoms. The van der Waals surface area contributed by atoms with Gasteiger partial charge in [-0.25, -0.2) is 4.98 Å². The molecule has 0 fully saturated rings. The molecule has 3 rings (SSSR count). The Kier molecular flexibility index (Phi) is 1.89. The third kappa shape index (κ3) is 1.19. The second-order valence-electron chi connectivity index (χ2n) is 4.17. The summed E-state index contributed by atoms with van der Waals surface area (Å²) < 4.78 is 1.92. The van der Waals surface area contributed by atoms with E-state index in [1.165, 1.54) is 5.39 Å². The summed E-state index contributed by atoms with van der Waals surface area (Å²) in [5.41, 5.74) is 2.19. The monoisotopic (exact) mass is 212 g/mol. The van der Waals surface area contributed by atoms with Crippen molar-refractivity contribution in [1.82, 2.24) is 19.6 Å². The van der Waals surface area contributed by atoms with Crippen LogP contribution in [0.3, 0.4) is 0 Å². The first kappa shape index (κ1) is 9.27. The molecule has 0 saturated carbocycles. The standard InChI is InChI=1S/C12H12N4/c1-8(2)11-9-5-3-4-6-10(9)16-7-13-15-12(16)14-11/h3-8H,1-2H3. The molecular formula is C12H12N4. The van der Waals surface area contributed by atoms with Crippen LogP contribution in [0.2, 0.25) is 0 Å². The van der Waals surface area contributed by atoms with E-state index in [0.717, 1.165) is 11.2 Å². The maximum Gasteiger partial charge on any atom is 0.255 e. The molecule has 0 aliphatic heterocycles. The highest BCUT2D eigenvalue weighted by Crippen LogP contribution is 2.23. The maximum atomic E-state index is 4.55. The molecule has 0 amide bonds. The number of fused-ring (bicyclic) bond motifs is 3. The number of hydrogen-bond acceptors (Lipinski definition) is 3. The lowest BCUT2D eigenvalue weighted by atomic mass is 10.0. The lowest BCUT2D eigenvalue weighted by Gasteiger charge is -2.09. The van der Waals surface area contributed by atoms with E-state index in [1.54, 1.807) is 6.33 Å². The van der Waals surface area contributed by atoms with Gasteiger partial charge in [0.2, 0.25) is 0 Å². The average molecular weight is 212 g/mol. The van der Waals surface area contributed by atoms with Gasteiger partial charge in [-0.1, -0.05) is 32.0 Å². The highest BCUT2D eigenvalue weighted by Gasteiger charge is 2.11. The van der Waals surface area contributed by atoms with Gasteiger partial charge in [0.15, 0.2) is 0 Å². The fourth-order valence-corrected chi connectivity index (χ4v) is 1.98. The van der Waals surface area contributed by atoms with E-state index in [1.807, 2.05) is 16.5 Å². The minimum atomic E-state index is 0.381. The summed E-state index contributed by atoms with van der Waals surface area (Å²) in [7, 11) is 0. The lowest BCUT2D eigenvalue weighted by Crippen LogP contribution is -1.99. The van der Waals surface area contributed by atoms with E-state index in [9.17, 15) is 0 Å². The number of rotatable bonds is 1. The molecule has 0 saturated heterocycles. The molecule has 0 radical (unpaired) electrons. The molecule has 0 atom stereocenters. The number of para-hydroxylation sites is 1. The first-order valence-corrected chi connectivity index (χ1v) is 5.36. The van der Waals surface area contributed by atoms with Crippen LogP contribution in [0.1, 0.15) is 25.5 Å². The Hall–Kier alpha value is -1.97. The number of aromatic nitrogens is 4. The van der Waals surface area contributed by atoms with E-state index in [2.05, 4.69) is 41.2 Å². The normalized spacial score (nSPS) is 11.7. The average Bonchev–Trinajstić information content (AvgIpc) is 2.75. The Bertz CT molecular complexity index is 654. The van der Waals surface area contributed by atoms with Crippen LogP contribution in [-0.4, -0.2) is 19.6 Å². The van der Waals surface area contributed by atoms with Gasteiger partial charge < -0.3 is 0 Å². The Balaban J connectivity index is 2.55. The lowest BCUT2D eigenvalue weighted by molar-refractivity contribution is 0.831. The van der Waals surface area contributed by atoms with Crippen molar-refractivity contribution in [3.63, 3.8) is 0 Å². The largest absolute Gasteiger partial charge is 0.265 e. The molecule has 0 N–H and O–H groups in total. The van der Waals surface area contributed by atoms with Crippen molar-refractivity contribution in [3.8, 4) is 0 Å². The number of nitrogens with zero attached hydrogens (tertiary/aromatic N) is 4. The van der Waals surface area contributed by atoms with E-state index < -0.39 is 0 Å². The molecule has 4 nitrogen and oxygen atoms in total. The molecular weight excluding hydrogens is 200 g/mol. The van der Waals surface area contributed by atoms with Crippen LogP contribution in [0.5, 0.6) is 0 Å². The van der Waals surface area contributed by atoms with Gasteiger partial charge in [0.05, 0.1) is 11.2 Å². The van der Waals surface area contributed by atoms with Crippen molar-refractivity contribution in [2.45, 2.75) is 19.8 Å². The quantitative estimate of drug-likeness (QED) is 0.622. The fourth-order valence-electron chi connectivity index (χ4n) is 1.98. The maximum absolute atomic E-state index is 4.55. The Morgan fingerprint density at radius 3 is 2.81 bits per heavy atom. The summed E-state index contributed by atoms with van der Waals surface area (Å²) in [5, 5.41) is 9.09. The van der Waals surface area contributed by atoms with Crippen LogP contribution in [0.25, 0.3) is 16.7 Å². The summed E-state index contributed by atoms with van der Waals surface area (Å²) in [6.45, 7) is 4.28. The van der Waals surface area contributed by atoms with Gasteiger partial charge in [-0.05, 0) is 12.0 Å². The highest BCUT2D eigenvalue weighted by atomic mass is 15.3. The van der Waals surface area contributed by atoms with Crippen molar-refractivity contribution in [1.29, 1.82) is 0 Å². The van der Waals surface area contributed by atoms with E-state index >= 15 is 0 Å². The van der Waals surface area contributed by atoms with Gasteiger partial charge in [0.1, 0.15) is 6.33 Å². The van der Waals surface area contributed by atoms with Gasteiger partial charge in [0, 0.05) is 5.39 Å². The highest BCUT2D eigenvalue weighted by molar-refractivity contribution is 5.83. The predicted molar refractivity (Wildman–Crippen MR) is 62.4 cm³/mol. The first-order valence-electron chi connectivity index (χ1n) is 5.36. The second kappa shape index (κ2) is 3.27. The zero-order chi connectivity index (χ0) is 11.1. The molecule has 4 heteroatoms. The summed E-state index contributed by atoms with van der Waals surface area (Å²) in [6.07, 6.45) is 1.70. The zero-order valence-electron chi connectivity index (χ0n) is 9.25. The second-order valence-corrected chi connectivity index (χ2v) is 4.17. The van der Waals surface area contributed by atoms with Crippen molar-refractivity contribution in [3.05, 3.63) is 36.3 Å². The van der Waals surface area contributed by atoms with Crippen molar-refractivity contribution in [2.75, 3.05) is 0 Å². The molecule has 1 aromatic carbocycles. The Morgan fingerprint density at radius 2 is 2.00 bits per heavy atom. The van der Waals surface area contributed by atoms with Crippen molar-refractivity contribution in [2.24, 2.45) is 0 Å². The number of hydrogen-bond donors (Lipinski definition) is 0. The van der Waals surface area contributed by atoms with Crippen LogP contribution < -0.4 is 0 Å². The van der Waals surface area contributed by atoms with Crippen LogP contribution in [0.15, 0.2) is 30.6 Å². The van der Waals surface area contributed by atoms with Gasteiger partial charge in [-0.3, -0.25) is 4.40 Å². The summed E-state index contributed by atoms with van der Waals surface area (Å²) in [6, 6.07) is 8.22. The molecule has 0 unspecified atom stereocenters. The predicted octanol–water partition coefficient (Wildman–Crippen LogP) is 2.40. The molecule has 16 heavy (non-hydrogen) atoms. The molecule has 0 aliphatic rings. The molecule has 0 spiro atoms. The smallest absolute Gasteiger partial charge is 0.255 e. The van der Waals surface area contributed by atoms with Gasteiger partial charge in [-0.2, -0.15) is 0 Å². The minimum Gasteiger partial charge on any atom is -0.265 e. The molecule has 2 aromatic heterocycles.